The normalized spacial score (nSPS) is 10.2. The van der Waals surface area contributed by atoms with Gasteiger partial charge in [-0.15, -0.1) is 0 Å². The zero-order valence-electron chi connectivity index (χ0n) is 9.72. The predicted molar refractivity (Wildman–Crippen MR) is 67.3 cm³/mol. The molecule has 17 heavy (non-hydrogen) atoms. The molecule has 0 amide bonds. The van der Waals surface area contributed by atoms with Crippen LogP contribution in [0.4, 0.5) is 11.6 Å². The first kappa shape index (κ1) is 11.5. The minimum atomic E-state index is 0.174. The Morgan fingerprint density at radius 2 is 1.94 bits per heavy atom. The molecule has 2 N–H and O–H groups in total. The third-order valence-corrected chi connectivity index (χ3v) is 2.41. The fourth-order valence-corrected chi connectivity index (χ4v) is 1.52. The maximum Gasteiger partial charge on any atom is 0.227 e. The highest BCUT2D eigenvalue weighted by molar-refractivity contribution is 5.53. The molecule has 1 aromatic heterocycles. The van der Waals surface area contributed by atoms with E-state index in [4.69, 9.17) is 5.11 Å². The van der Waals surface area contributed by atoms with Gasteiger partial charge in [0.05, 0.1) is 0 Å². The Balaban J connectivity index is 2.08. The quantitative estimate of drug-likeness (QED) is 0.842. The van der Waals surface area contributed by atoms with Gasteiger partial charge in [-0.3, -0.25) is 0 Å². The van der Waals surface area contributed by atoms with Gasteiger partial charge in [-0.2, -0.15) is 0 Å². The van der Waals surface area contributed by atoms with E-state index in [9.17, 15) is 0 Å². The third kappa shape index (κ3) is 3.26. The lowest BCUT2D eigenvalue weighted by atomic mass is 10.1. The highest BCUT2D eigenvalue weighted by Crippen LogP contribution is 2.14. The lowest BCUT2D eigenvalue weighted by molar-refractivity contribution is 0.299. The molecule has 0 fully saturated rings. The number of aryl methyl sites for hydroxylation is 1. The second-order valence-corrected chi connectivity index (χ2v) is 3.82. The summed E-state index contributed by atoms with van der Waals surface area (Å²) < 4.78 is 0. The smallest absolute Gasteiger partial charge is 0.227 e. The van der Waals surface area contributed by atoms with Crippen LogP contribution in [0.25, 0.3) is 0 Å². The molecule has 0 unspecified atom stereocenters. The van der Waals surface area contributed by atoms with Gasteiger partial charge < -0.3 is 10.4 Å². The maximum absolute atomic E-state index is 8.82. The summed E-state index contributed by atoms with van der Waals surface area (Å²) >= 11 is 0. The van der Waals surface area contributed by atoms with Crippen LogP contribution in [-0.4, -0.2) is 21.7 Å². The van der Waals surface area contributed by atoms with Gasteiger partial charge >= 0.3 is 0 Å². The fraction of sp³-hybridized carbons (Fsp3) is 0.231. The van der Waals surface area contributed by atoms with Crippen molar-refractivity contribution < 1.29 is 5.11 Å². The SMILES string of the molecule is Cc1ccnc(Nc2ccc(CCO)cc2)n1. The van der Waals surface area contributed by atoms with Crippen molar-refractivity contribution in [1.82, 2.24) is 9.97 Å². The van der Waals surface area contributed by atoms with Crippen molar-refractivity contribution in [2.45, 2.75) is 13.3 Å². The third-order valence-electron chi connectivity index (χ3n) is 2.41. The number of aliphatic hydroxyl groups excluding tert-OH is 1. The number of nitrogens with one attached hydrogen (secondary N) is 1. The number of hydrogen-bond acceptors (Lipinski definition) is 4. The van der Waals surface area contributed by atoms with Gasteiger partial charge in [0.15, 0.2) is 0 Å². The first-order chi connectivity index (χ1) is 8.28. The van der Waals surface area contributed by atoms with Crippen molar-refractivity contribution in [3.05, 3.63) is 47.8 Å². The summed E-state index contributed by atoms with van der Waals surface area (Å²) in [6.45, 7) is 2.10. The first-order valence-corrected chi connectivity index (χ1v) is 5.54. The van der Waals surface area contributed by atoms with Gasteiger partial charge in [-0.1, -0.05) is 12.1 Å². The summed E-state index contributed by atoms with van der Waals surface area (Å²) in [5.41, 5.74) is 2.99. The van der Waals surface area contributed by atoms with Crippen molar-refractivity contribution in [2.75, 3.05) is 11.9 Å². The maximum atomic E-state index is 8.82. The zero-order chi connectivity index (χ0) is 12.1. The van der Waals surface area contributed by atoms with E-state index in [-0.39, 0.29) is 6.61 Å². The molecule has 0 atom stereocenters. The minimum Gasteiger partial charge on any atom is -0.396 e. The number of hydrogen-bond donors (Lipinski definition) is 2. The van der Waals surface area contributed by atoms with E-state index in [1.165, 1.54) is 0 Å². The monoisotopic (exact) mass is 229 g/mol. The molecular weight excluding hydrogens is 214 g/mol. The molecular formula is C13H15N3O. The summed E-state index contributed by atoms with van der Waals surface area (Å²) in [6, 6.07) is 9.73. The van der Waals surface area contributed by atoms with E-state index >= 15 is 0 Å². The number of nitrogens with zero attached hydrogens (tertiary/aromatic N) is 2. The van der Waals surface area contributed by atoms with Crippen molar-refractivity contribution in [3.63, 3.8) is 0 Å². The van der Waals surface area contributed by atoms with Crippen molar-refractivity contribution in [1.29, 1.82) is 0 Å². The van der Waals surface area contributed by atoms with Crippen LogP contribution in [-0.2, 0) is 6.42 Å². The van der Waals surface area contributed by atoms with Crippen LogP contribution in [0.1, 0.15) is 11.3 Å². The Labute approximate surface area is 100 Å². The van der Waals surface area contributed by atoms with E-state index in [0.717, 1.165) is 16.9 Å². The largest absolute Gasteiger partial charge is 0.396 e. The van der Waals surface area contributed by atoms with E-state index < -0.39 is 0 Å². The molecule has 0 saturated heterocycles. The number of rotatable bonds is 4. The van der Waals surface area contributed by atoms with Crippen molar-refractivity contribution in [3.8, 4) is 0 Å². The first-order valence-electron chi connectivity index (χ1n) is 5.54. The van der Waals surface area contributed by atoms with Gasteiger partial charge in [0, 0.05) is 24.2 Å². The van der Waals surface area contributed by atoms with Gasteiger partial charge in [0.2, 0.25) is 5.95 Å². The Morgan fingerprint density at radius 1 is 1.18 bits per heavy atom. The van der Waals surface area contributed by atoms with Crippen LogP contribution in [0.2, 0.25) is 0 Å². The number of benzene rings is 1. The Hall–Kier alpha value is -1.94. The van der Waals surface area contributed by atoms with E-state index in [2.05, 4.69) is 15.3 Å². The van der Waals surface area contributed by atoms with Gasteiger partial charge in [-0.25, -0.2) is 9.97 Å². The van der Waals surface area contributed by atoms with E-state index in [0.29, 0.717) is 12.4 Å². The molecule has 0 bridgehead atoms. The fourth-order valence-electron chi connectivity index (χ4n) is 1.52. The van der Waals surface area contributed by atoms with Gasteiger partial charge in [0.1, 0.15) is 0 Å². The molecule has 0 aliphatic rings. The molecule has 0 saturated carbocycles. The topological polar surface area (TPSA) is 58.0 Å². The molecule has 88 valence electrons. The zero-order valence-corrected chi connectivity index (χ0v) is 9.72. The number of aromatic nitrogens is 2. The van der Waals surface area contributed by atoms with Gasteiger partial charge in [-0.05, 0) is 37.1 Å². The summed E-state index contributed by atoms with van der Waals surface area (Å²) in [5, 5.41) is 11.9. The Morgan fingerprint density at radius 3 is 2.59 bits per heavy atom. The predicted octanol–water partition coefficient (Wildman–Crippen LogP) is 2.06. The van der Waals surface area contributed by atoms with E-state index in [1.54, 1.807) is 6.20 Å². The molecule has 2 aromatic rings. The number of aliphatic hydroxyl groups is 1. The molecule has 2 rings (SSSR count). The Bertz CT molecular complexity index is 482. The minimum absolute atomic E-state index is 0.174. The Kier molecular flexibility index (Phi) is 3.67. The molecule has 4 heteroatoms. The number of anilines is 2. The summed E-state index contributed by atoms with van der Waals surface area (Å²) in [6.07, 6.45) is 2.41. The molecule has 0 spiro atoms. The van der Waals surface area contributed by atoms with Crippen LogP contribution in [0.15, 0.2) is 36.5 Å². The summed E-state index contributed by atoms with van der Waals surface area (Å²) in [5.74, 6) is 0.597. The lowest BCUT2D eigenvalue weighted by Gasteiger charge is -2.06. The highest BCUT2D eigenvalue weighted by Gasteiger charge is 1.98. The average Bonchev–Trinajstić information content (AvgIpc) is 2.32. The van der Waals surface area contributed by atoms with Gasteiger partial charge in [0.25, 0.3) is 0 Å². The molecule has 1 heterocycles. The lowest BCUT2D eigenvalue weighted by Crippen LogP contribution is -1.98. The molecule has 0 radical (unpaired) electrons. The molecule has 4 nitrogen and oxygen atoms in total. The second-order valence-electron chi connectivity index (χ2n) is 3.82. The summed E-state index contributed by atoms with van der Waals surface area (Å²) in [4.78, 5) is 8.40. The van der Waals surface area contributed by atoms with Crippen molar-refractivity contribution in [2.24, 2.45) is 0 Å². The van der Waals surface area contributed by atoms with Crippen LogP contribution in [0.3, 0.4) is 0 Å². The highest BCUT2D eigenvalue weighted by atomic mass is 16.2. The standard InChI is InChI=1S/C13H15N3O/c1-10-6-8-14-13(15-10)16-12-4-2-11(3-5-12)7-9-17/h2-6,8,17H,7,9H2,1H3,(H,14,15,16). The van der Waals surface area contributed by atoms with Crippen LogP contribution < -0.4 is 5.32 Å². The van der Waals surface area contributed by atoms with Crippen LogP contribution in [0.5, 0.6) is 0 Å². The molecule has 0 aliphatic carbocycles. The van der Waals surface area contributed by atoms with Crippen molar-refractivity contribution >= 4 is 11.6 Å². The average molecular weight is 229 g/mol. The second kappa shape index (κ2) is 5.41. The van der Waals surface area contributed by atoms with Crippen LogP contribution in [0, 0.1) is 6.92 Å². The van der Waals surface area contributed by atoms with E-state index in [1.807, 2.05) is 37.3 Å². The molecule has 1 aromatic carbocycles. The summed E-state index contributed by atoms with van der Waals surface area (Å²) in [7, 11) is 0. The van der Waals surface area contributed by atoms with Crippen LogP contribution >= 0.6 is 0 Å². The molecule has 0 aliphatic heterocycles.